The zero-order valence-electron chi connectivity index (χ0n) is 23.9. The first-order chi connectivity index (χ1) is 19.0. The second-order valence-electron chi connectivity index (χ2n) is 11.7. The van der Waals surface area contributed by atoms with E-state index >= 15 is 0 Å². The van der Waals surface area contributed by atoms with Crippen molar-refractivity contribution in [1.82, 2.24) is 24.4 Å². The number of hydrogen-bond donors (Lipinski definition) is 1. The second-order valence-corrected chi connectivity index (χ2v) is 12.8. The number of rotatable bonds is 8. The van der Waals surface area contributed by atoms with E-state index in [9.17, 15) is 4.79 Å². The van der Waals surface area contributed by atoms with Crippen LogP contribution in [0.4, 0.5) is 0 Å². The van der Waals surface area contributed by atoms with Crippen molar-refractivity contribution in [2.45, 2.75) is 75.0 Å². The third-order valence-electron chi connectivity index (χ3n) is 7.02. The largest absolute Gasteiger partial charge is 0.369 e. The van der Waals surface area contributed by atoms with E-state index < -0.39 is 5.92 Å². The summed E-state index contributed by atoms with van der Waals surface area (Å²) in [6.45, 7) is 12.7. The number of nitrogens with zero attached hydrogens (tertiary/aromatic N) is 5. The first-order valence-corrected chi connectivity index (χ1v) is 14.4. The van der Waals surface area contributed by atoms with Gasteiger partial charge in [-0.2, -0.15) is 5.10 Å². The fraction of sp³-hybridized carbons (Fsp3) is 0.312. The molecule has 0 fully saturated rings. The number of carbonyl (C=O) groups is 1. The molecule has 3 heterocycles. The van der Waals surface area contributed by atoms with Gasteiger partial charge in [-0.05, 0) is 55.0 Å². The average molecular weight is 553 g/mol. The molecule has 0 radical (unpaired) electrons. The minimum Gasteiger partial charge on any atom is -0.369 e. The fourth-order valence-electron chi connectivity index (χ4n) is 4.68. The van der Waals surface area contributed by atoms with Crippen molar-refractivity contribution in [3.8, 4) is 5.69 Å². The van der Waals surface area contributed by atoms with E-state index in [4.69, 9.17) is 10.8 Å². The number of benzene rings is 2. The summed E-state index contributed by atoms with van der Waals surface area (Å²) >= 11 is 1.66. The van der Waals surface area contributed by atoms with Gasteiger partial charge in [-0.25, -0.2) is 4.68 Å². The van der Waals surface area contributed by atoms with Crippen molar-refractivity contribution in [3.05, 3.63) is 101 Å². The van der Waals surface area contributed by atoms with Gasteiger partial charge < -0.3 is 5.73 Å². The summed E-state index contributed by atoms with van der Waals surface area (Å²) in [4.78, 5) is 14.9. The molecule has 0 saturated carbocycles. The molecule has 0 saturated heterocycles. The molecule has 206 valence electrons. The maximum atomic E-state index is 12.7. The van der Waals surface area contributed by atoms with Crippen molar-refractivity contribution in [3.63, 3.8) is 0 Å². The van der Waals surface area contributed by atoms with Crippen LogP contribution < -0.4 is 5.73 Å². The summed E-state index contributed by atoms with van der Waals surface area (Å²) in [5.41, 5.74) is 11.7. The molecule has 7 nitrogen and oxygen atoms in total. The van der Waals surface area contributed by atoms with Crippen LogP contribution in [0.15, 0.2) is 82.7 Å². The molecule has 40 heavy (non-hydrogen) atoms. The predicted molar refractivity (Wildman–Crippen MR) is 160 cm³/mol. The van der Waals surface area contributed by atoms with E-state index in [2.05, 4.69) is 94.3 Å². The Bertz CT molecular complexity index is 1640. The Kier molecular flexibility index (Phi) is 7.55. The SMILES string of the molecule is Cc1ccc(-n2nc(C(C)(C)C)cc2CC(C(N)=O)c2ccc(Sc3ccc4nnc(C(C)C)n4c3)cc2)cc1. The van der Waals surface area contributed by atoms with Gasteiger partial charge in [0, 0.05) is 39.4 Å². The number of nitrogens with two attached hydrogens (primary N) is 1. The van der Waals surface area contributed by atoms with E-state index in [1.54, 1.807) is 11.8 Å². The number of aryl methyl sites for hydroxylation is 1. The lowest BCUT2D eigenvalue weighted by atomic mass is 9.90. The van der Waals surface area contributed by atoms with Crippen LogP contribution in [-0.2, 0) is 16.6 Å². The minimum atomic E-state index is -0.477. The Morgan fingerprint density at radius 3 is 2.25 bits per heavy atom. The Hall–Kier alpha value is -3.91. The van der Waals surface area contributed by atoms with Crippen LogP contribution in [0, 0.1) is 6.92 Å². The molecule has 2 N–H and O–H groups in total. The van der Waals surface area contributed by atoms with Crippen LogP contribution >= 0.6 is 11.8 Å². The normalized spacial score (nSPS) is 12.8. The molecule has 0 aliphatic heterocycles. The number of carbonyl (C=O) groups excluding carboxylic acids is 1. The quantitative estimate of drug-likeness (QED) is 0.234. The van der Waals surface area contributed by atoms with Crippen LogP contribution in [0.3, 0.4) is 0 Å². The van der Waals surface area contributed by atoms with Gasteiger partial charge in [0.25, 0.3) is 0 Å². The second kappa shape index (κ2) is 10.9. The molecule has 5 rings (SSSR count). The predicted octanol–water partition coefficient (Wildman–Crippen LogP) is 6.61. The third-order valence-corrected chi connectivity index (χ3v) is 8.01. The van der Waals surface area contributed by atoms with Gasteiger partial charge in [0.2, 0.25) is 5.91 Å². The number of pyridine rings is 1. The van der Waals surface area contributed by atoms with E-state index in [0.717, 1.165) is 43.9 Å². The smallest absolute Gasteiger partial charge is 0.225 e. The van der Waals surface area contributed by atoms with Gasteiger partial charge in [0.05, 0.1) is 17.3 Å². The highest BCUT2D eigenvalue weighted by atomic mass is 32.2. The van der Waals surface area contributed by atoms with Crippen LogP contribution in [-0.4, -0.2) is 30.3 Å². The molecule has 0 aliphatic rings. The maximum absolute atomic E-state index is 12.7. The Morgan fingerprint density at radius 2 is 1.62 bits per heavy atom. The molecular weight excluding hydrogens is 516 g/mol. The van der Waals surface area contributed by atoms with Crippen molar-refractivity contribution >= 4 is 23.3 Å². The number of primary amides is 1. The van der Waals surface area contributed by atoms with Gasteiger partial charge >= 0.3 is 0 Å². The molecular formula is C32H36N6OS. The minimum absolute atomic E-state index is 0.127. The highest BCUT2D eigenvalue weighted by Gasteiger charge is 2.25. The van der Waals surface area contributed by atoms with E-state index in [1.807, 2.05) is 39.4 Å². The van der Waals surface area contributed by atoms with Crippen molar-refractivity contribution in [2.24, 2.45) is 5.73 Å². The maximum Gasteiger partial charge on any atom is 0.225 e. The van der Waals surface area contributed by atoms with Crippen molar-refractivity contribution in [2.75, 3.05) is 0 Å². The van der Waals surface area contributed by atoms with Gasteiger partial charge in [-0.1, -0.05) is 76.2 Å². The summed E-state index contributed by atoms with van der Waals surface area (Å²) in [6, 6.07) is 22.5. The zero-order chi connectivity index (χ0) is 28.6. The lowest BCUT2D eigenvalue weighted by Crippen LogP contribution is -2.24. The van der Waals surface area contributed by atoms with Crippen molar-refractivity contribution in [1.29, 1.82) is 0 Å². The van der Waals surface area contributed by atoms with Crippen LogP contribution in [0.5, 0.6) is 0 Å². The number of hydrogen-bond acceptors (Lipinski definition) is 5. The standard InChI is InChI=1S/C32H36N6OS/c1-20(2)31-35-34-29-16-15-26(19-37(29)31)40-25-13-9-22(10-14-25)27(30(33)39)17-24-18-28(32(4,5)6)36-38(24)23-11-7-21(3)8-12-23/h7-16,18-20,27H,17H2,1-6H3,(H2,33,39). The summed E-state index contributed by atoms with van der Waals surface area (Å²) in [7, 11) is 0. The monoisotopic (exact) mass is 552 g/mol. The fourth-order valence-corrected chi connectivity index (χ4v) is 5.52. The molecule has 1 atom stereocenters. The number of fused-ring (bicyclic) bond motifs is 1. The molecule has 1 unspecified atom stereocenters. The van der Waals surface area contributed by atoms with Crippen LogP contribution in [0.2, 0.25) is 0 Å². The number of amides is 1. The van der Waals surface area contributed by atoms with Crippen LogP contribution in [0.25, 0.3) is 11.3 Å². The Morgan fingerprint density at radius 1 is 0.950 bits per heavy atom. The lowest BCUT2D eigenvalue weighted by molar-refractivity contribution is -0.119. The number of aromatic nitrogens is 5. The first kappa shape index (κ1) is 27.6. The zero-order valence-corrected chi connectivity index (χ0v) is 24.7. The molecule has 1 amide bonds. The highest BCUT2D eigenvalue weighted by molar-refractivity contribution is 7.99. The molecule has 0 bridgehead atoms. The van der Waals surface area contributed by atoms with E-state index in [-0.39, 0.29) is 17.2 Å². The highest BCUT2D eigenvalue weighted by Crippen LogP contribution is 2.32. The van der Waals surface area contributed by atoms with Crippen LogP contribution in [0.1, 0.15) is 74.8 Å². The first-order valence-electron chi connectivity index (χ1n) is 13.6. The summed E-state index contributed by atoms with van der Waals surface area (Å²) < 4.78 is 4.00. The van der Waals surface area contributed by atoms with Gasteiger partial charge in [0.1, 0.15) is 5.82 Å². The van der Waals surface area contributed by atoms with Gasteiger partial charge in [-0.15, -0.1) is 10.2 Å². The van der Waals surface area contributed by atoms with E-state index in [0.29, 0.717) is 6.42 Å². The summed E-state index contributed by atoms with van der Waals surface area (Å²) in [5, 5.41) is 13.5. The Balaban J connectivity index is 1.41. The lowest BCUT2D eigenvalue weighted by Gasteiger charge is -2.16. The van der Waals surface area contributed by atoms with Gasteiger partial charge in [-0.3, -0.25) is 9.20 Å². The van der Waals surface area contributed by atoms with Crippen molar-refractivity contribution < 1.29 is 4.79 Å². The summed E-state index contributed by atoms with van der Waals surface area (Å²) in [5.74, 6) is 0.391. The molecule has 5 aromatic rings. The molecule has 0 aliphatic carbocycles. The average Bonchev–Trinajstić information content (AvgIpc) is 3.53. The summed E-state index contributed by atoms with van der Waals surface area (Å²) in [6.07, 6.45) is 2.54. The molecule has 3 aromatic heterocycles. The molecule has 8 heteroatoms. The molecule has 2 aromatic carbocycles. The third kappa shape index (κ3) is 5.82. The Labute approximate surface area is 239 Å². The van der Waals surface area contributed by atoms with E-state index in [1.165, 1.54) is 5.56 Å². The van der Waals surface area contributed by atoms with Gasteiger partial charge in [0.15, 0.2) is 5.65 Å². The topological polar surface area (TPSA) is 91.1 Å². The molecule has 0 spiro atoms.